The smallest absolute Gasteiger partial charge is 0.251 e. The zero-order chi connectivity index (χ0) is 23.2. The Kier molecular flexibility index (Phi) is 7.25. The second-order valence-corrected chi connectivity index (χ2v) is 8.07. The molecule has 0 bridgehead atoms. The summed E-state index contributed by atoms with van der Waals surface area (Å²) >= 11 is 6.38. The summed E-state index contributed by atoms with van der Waals surface area (Å²) in [6, 6.07) is 16.4. The van der Waals surface area contributed by atoms with Crippen LogP contribution in [-0.2, 0) is 12.8 Å². The van der Waals surface area contributed by atoms with Gasteiger partial charge >= 0.3 is 0 Å². The number of methoxy groups -OCH3 is 2. The average Bonchev–Trinajstić information content (AvgIpc) is 2.84. The topological polar surface area (TPSA) is 66.0 Å². The number of hydrogen-bond acceptors (Lipinski definition) is 5. The van der Waals surface area contributed by atoms with Gasteiger partial charge in [-0.05, 0) is 72.9 Å². The second kappa shape index (κ2) is 10.5. The highest BCUT2D eigenvalue weighted by atomic mass is 35.5. The van der Waals surface area contributed by atoms with E-state index in [1.807, 2.05) is 30.3 Å². The Balaban J connectivity index is 1.33. The Labute approximate surface area is 198 Å². The lowest BCUT2D eigenvalue weighted by Crippen LogP contribution is -2.25. The van der Waals surface area contributed by atoms with Crippen LogP contribution in [-0.4, -0.2) is 33.3 Å². The van der Waals surface area contributed by atoms with Gasteiger partial charge < -0.3 is 24.3 Å². The fourth-order valence-electron chi connectivity index (χ4n) is 3.69. The minimum atomic E-state index is -0.151. The Hall–Kier alpha value is -3.38. The third kappa shape index (κ3) is 5.52. The van der Waals surface area contributed by atoms with Gasteiger partial charge in [0, 0.05) is 18.2 Å². The third-order valence-corrected chi connectivity index (χ3v) is 5.75. The molecule has 3 aromatic carbocycles. The molecule has 7 heteroatoms. The van der Waals surface area contributed by atoms with Gasteiger partial charge in [0.1, 0.15) is 17.2 Å². The maximum absolute atomic E-state index is 12.5. The maximum atomic E-state index is 12.5. The Morgan fingerprint density at radius 3 is 2.55 bits per heavy atom. The highest BCUT2D eigenvalue weighted by Crippen LogP contribution is 2.37. The van der Waals surface area contributed by atoms with Crippen LogP contribution in [0, 0.1) is 0 Å². The number of benzene rings is 3. The van der Waals surface area contributed by atoms with Crippen LogP contribution in [0.2, 0.25) is 5.02 Å². The van der Waals surface area contributed by atoms with Crippen LogP contribution in [0.4, 0.5) is 0 Å². The molecule has 6 nitrogen and oxygen atoms in total. The van der Waals surface area contributed by atoms with Crippen molar-refractivity contribution in [2.75, 3.05) is 27.4 Å². The molecular weight excluding hydrogens is 442 g/mol. The molecule has 1 N–H and O–H groups in total. The van der Waals surface area contributed by atoms with Gasteiger partial charge in [-0.15, -0.1) is 0 Å². The van der Waals surface area contributed by atoms with Crippen molar-refractivity contribution in [3.05, 3.63) is 76.3 Å². The van der Waals surface area contributed by atoms with Crippen LogP contribution in [0.15, 0.2) is 54.6 Å². The number of fused-ring (bicyclic) bond motifs is 1. The van der Waals surface area contributed by atoms with Crippen molar-refractivity contribution >= 4 is 17.5 Å². The van der Waals surface area contributed by atoms with E-state index in [2.05, 4.69) is 5.32 Å². The minimum absolute atomic E-state index is 0.151. The minimum Gasteiger partial charge on any atom is -0.493 e. The van der Waals surface area contributed by atoms with Gasteiger partial charge in [-0.2, -0.15) is 0 Å². The first-order valence-electron chi connectivity index (χ1n) is 10.8. The van der Waals surface area contributed by atoms with E-state index >= 15 is 0 Å². The molecule has 1 aliphatic heterocycles. The molecule has 0 radical (unpaired) electrons. The molecule has 0 aliphatic carbocycles. The summed E-state index contributed by atoms with van der Waals surface area (Å²) in [5, 5.41) is 3.47. The average molecular weight is 468 g/mol. The second-order valence-electron chi connectivity index (χ2n) is 7.66. The molecule has 4 rings (SSSR count). The standard InChI is InChI=1S/C26H26ClNO5/c1-30-22-10-5-17(14-25(22)31-2)11-12-28-26(29)18-6-8-20(9-7-18)33-24-16-23-19(15-21(24)27)4-3-13-32-23/h5-10,14-16H,3-4,11-13H2,1-2H3,(H,28,29). The summed E-state index contributed by atoms with van der Waals surface area (Å²) in [4.78, 5) is 12.5. The fraction of sp³-hybridized carbons (Fsp3) is 0.269. The van der Waals surface area contributed by atoms with Crippen molar-refractivity contribution in [1.29, 1.82) is 0 Å². The molecule has 33 heavy (non-hydrogen) atoms. The fourth-order valence-corrected chi connectivity index (χ4v) is 3.91. The van der Waals surface area contributed by atoms with Gasteiger partial charge in [0.2, 0.25) is 0 Å². The largest absolute Gasteiger partial charge is 0.493 e. The molecule has 3 aromatic rings. The Bertz CT molecular complexity index is 1130. The van der Waals surface area contributed by atoms with Crippen molar-refractivity contribution in [1.82, 2.24) is 5.32 Å². The van der Waals surface area contributed by atoms with E-state index in [-0.39, 0.29) is 5.91 Å². The lowest BCUT2D eigenvalue weighted by atomic mass is 10.1. The van der Waals surface area contributed by atoms with Crippen LogP contribution in [0.5, 0.6) is 28.7 Å². The first-order valence-corrected chi connectivity index (χ1v) is 11.2. The number of rotatable bonds is 8. The summed E-state index contributed by atoms with van der Waals surface area (Å²) in [5.41, 5.74) is 2.69. The Morgan fingerprint density at radius 2 is 1.79 bits per heavy atom. The van der Waals surface area contributed by atoms with E-state index in [1.54, 1.807) is 38.5 Å². The normalized spacial score (nSPS) is 12.3. The van der Waals surface area contributed by atoms with Crippen LogP contribution < -0.4 is 24.3 Å². The lowest BCUT2D eigenvalue weighted by molar-refractivity contribution is 0.0954. The molecular formula is C26H26ClNO5. The molecule has 1 heterocycles. The molecule has 172 valence electrons. The molecule has 1 aliphatic rings. The van der Waals surface area contributed by atoms with Crippen molar-refractivity contribution in [3.8, 4) is 28.7 Å². The summed E-state index contributed by atoms with van der Waals surface area (Å²) in [5.74, 6) is 3.13. The number of carbonyl (C=O) groups excluding carboxylic acids is 1. The predicted octanol–water partition coefficient (Wildman–Crippen LogP) is 5.45. The van der Waals surface area contributed by atoms with Crippen molar-refractivity contribution < 1.29 is 23.7 Å². The van der Waals surface area contributed by atoms with Gasteiger partial charge in [-0.1, -0.05) is 17.7 Å². The molecule has 0 saturated carbocycles. The van der Waals surface area contributed by atoms with E-state index in [1.165, 1.54) is 0 Å². The van der Waals surface area contributed by atoms with Gasteiger partial charge in [0.25, 0.3) is 5.91 Å². The van der Waals surface area contributed by atoms with E-state index in [9.17, 15) is 4.79 Å². The number of nitrogens with one attached hydrogen (secondary N) is 1. The first-order chi connectivity index (χ1) is 16.1. The summed E-state index contributed by atoms with van der Waals surface area (Å²) in [7, 11) is 3.20. The summed E-state index contributed by atoms with van der Waals surface area (Å²) in [6.45, 7) is 1.20. The molecule has 1 amide bonds. The van der Waals surface area contributed by atoms with E-state index in [4.69, 9.17) is 30.5 Å². The van der Waals surface area contributed by atoms with Crippen LogP contribution >= 0.6 is 11.6 Å². The van der Waals surface area contributed by atoms with Crippen molar-refractivity contribution in [3.63, 3.8) is 0 Å². The highest BCUT2D eigenvalue weighted by molar-refractivity contribution is 6.32. The van der Waals surface area contributed by atoms with E-state index < -0.39 is 0 Å². The SMILES string of the molecule is COc1ccc(CCNC(=O)c2ccc(Oc3cc4c(cc3Cl)CCCO4)cc2)cc1OC. The molecule has 0 atom stereocenters. The van der Waals surface area contributed by atoms with Gasteiger partial charge in [-0.3, -0.25) is 4.79 Å². The predicted molar refractivity (Wildman–Crippen MR) is 127 cm³/mol. The molecule has 0 saturated heterocycles. The lowest BCUT2D eigenvalue weighted by Gasteiger charge is -2.19. The number of ether oxygens (including phenoxy) is 4. The number of carbonyl (C=O) groups is 1. The van der Waals surface area contributed by atoms with Crippen molar-refractivity contribution in [2.45, 2.75) is 19.3 Å². The summed E-state index contributed by atoms with van der Waals surface area (Å²) in [6.07, 6.45) is 2.61. The van der Waals surface area contributed by atoms with E-state index in [0.29, 0.717) is 53.2 Å². The number of aryl methyl sites for hydroxylation is 1. The van der Waals surface area contributed by atoms with Gasteiger partial charge in [0.05, 0.1) is 25.8 Å². The van der Waals surface area contributed by atoms with Crippen LogP contribution in [0.3, 0.4) is 0 Å². The summed E-state index contributed by atoms with van der Waals surface area (Å²) < 4.78 is 22.2. The molecule has 0 aromatic heterocycles. The zero-order valence-electron chi connectivity index (χ0n) is 18.7. The number of halogens is 1. The molecule has 0 fully saturated rings. The molecule has 0 unspecified atom stereocenters. The highest BCUT2D eigenvalue weighted by Gasteiger charge is 2.15. The first kappa shape index (κ1) is 22.8. The zero-order valence-corrected chi connectivity index (χ0v) is 19.4. The Morgan fingerprint density at radius 1 is 1.00 bits per heavy atom. The van der Waals surface area contributed by atoms with Gasteiger partial charge in [0.15, 0.2) is 11.5 Å². The quantitative estimate of drug-likeness (QED) is 0.477. The van der Waals surface area contributed by atoms with Crippen LogP contribution in [0.1, 0.15) is 27.9 Å². The maximum Gasteiger partial charge on any atom is 0.251 e. The third-order valence-electron chi connectivity index (χ3n) is 5.45. The number of hydrogen-bond donors (Lipinski definition) is 1. The van der Waals surface area contributed by atoms with Crippen LogP contribution in [0.25, 0.3) is 0 Å². The monoisotopic (exact) mass is 467 g/mol. The van der Waals surface area contributed by atoms with Gasteiger partial charge in [-0.25, -0.2) is 0 Å². The number of amides is 1. The molecule has 0 spiro atoms. The van der Waals surface area contributed by atoms with Crippen molar-refractivity contribution in [2.24, 2.45) is 0 Å². The van der Waals surface area contributed by atoms with E-state index in [0.717, 1.165) is 29.7 Å².